The molecule has 1 fully saturated rings. The number of rotatable bonds is 2. The van der Waals surface area contributed by atoms with Gasteiger partial charge in [0.25, 0.3) is 0 Å². The molecule has 0 spiro atoms. The van der Waals surface area contributed by atoms with E-state index < -0.39 is 0 Å². The molecule has 1 aliphatic rings. The third-order valence-corrected chi connectivity index (χ3v) is 4.07. The summed E-state index contributed by atoms with van der Waals surface area (Å²) in [4.78, 5) is 11.0. The molecule has 3 aromatic rings. The van der Waals surface area contributed by atoms with Crippen molar-refractivity contribution in [1.29, 1.82) is 0 Å². The van der Waals surface area contributed by atoms with Gasteiger partial charge in [0.05, 0.1) is 24.1 Å². The van der Waals surface area contributed by atoms with E-state index in [1.165, 1.54) is 4.90 Å². The summed E-state index contributed by atoms with van der Waals surface area (Å²) in [5.74, 6) is 1.89. The first-order valence-corrected chi connectivity index (χ1v) is 7.67. The van der Waals surface area contributed by atoms with E-state index in [2.05, 4.69) is 30.3 Å². The zero-order valence-corrected chi connectivity index (χ0v) is 12.3. The van der Waals surface area contributed by atoms with Crippen molar-refractivity contribution in [1.82, 2.24) is 9.97 Å². The van der Waals surface area contributed by atoms with E-state index in [1.54, 1.807) is 0 Å². The lowest BCUT2D eigenvalue weighted by Gasteiger charge is -2.23. The summed E-state index contributed by atoms with van der Waals surface area (Å²) in [5.41, 5.74) is 2.06. The van der Waals surface area contributed by atoms with Gasteiger partial charge in [0, 0.05) is 5.56 Å². The molecule has 4 rings (SSSR count). The summed E-state index contributed by atoms with van der Waals surface area (Å²) in [6.07, 6.45) is 0. The molecule has 4 nitrogen and oxygen atoms in total. The molecule has 1 aliphatic heterocycles. The first-order valence-electron chi connectivity index (χ1n) is 7.67. The number of nitrogens with zero attached hydrogens (tertiary/aromatic N) is 2. The van der Waals surface area contributed by atoms with Crippen LogP contribution in [-0.4, -0.2) is 36.3 Å². The first-order chi connectivity index (χ1) is 10.9. The highest BCUT2D eigenvalue weighted by atomic mass is 16.5. The predicted molar refractivity (Wildman–Crippen MR) is 86.1 cm³/mol. The minimum absolute atomic E-state index is 0.786. The average Bonchev–Trinajstić information content (AvgIpc) is 2.62. The summed E-state index contributed by atoms with van der Waals surface area (Å²) in [5, 5.41) is 1.14. The summed E-state index contributed by atoms with van der Waals surface area (Å²) in [6, 6.07) is 18.4. The standard InChI is InChI=1S/C18H17N3O/c1-2-6-14(7-3-1)17-19-16-9-5-4-8-15(16)18(20-17)21-10-12-22-13-11-21/h1-9H,10-13H2/p+1. The molecule has 1 saturated heterocycles. The van der Waals surface area contributed by atoms with Crippen molar-refractivity contribution in [3.05, 3.63) is 54.6 Å². The van der Waals surface area contributed by atoms with Gasteiger partial charge in [-0.25, -0.2) is 4.98 Å². The number of aromatic nitrogens is 2. The SMILES string of the molecule is c1ccc(-c2nc([NH+]3CCOCC3)c3ccccc3n2)cc1. The van der Waals surface area contributed by atoms with Crippen molar-refractivity contribution in [3.63, 3.8) is 0 Å². The number of para-hydroxylation sites is 1. The molecule has 2 aromatic carbocycles. The fraction of sp³-hybridized carbons (Fsp3) is 0.222. The molecule has 0 amide bonds. The van der Waals surface area contributed by atoms with Gasteiger partial charge in [-0.3, -0.25) is 4.90 Å². The third-order valence-electron chi connectivity index (χ3n) is 4.07. The van der Waals surface area contributed by atoms with E-state index >= 15 is 0 Å². The van der Waals surface area contributed by atoms with Crippen LogP contribution in [0.1, 0.15) is 0 Å². The lowest BCUT2D eigenvalue weighted by Crippen LogP contribution is -3.09. The number of fused-ring (bicyclic) bond motifs is 1. The van der Waals surface area contributed by atoms with Crippen LogP contribution in [0.2, 0.25) is 0 Å². The topological polar surface area (TPSA) is 39.5 Å². The Kier molecular flexibility index (Phi) is 3.54. The van der Waals surface area contributed by atoms with Crippen molar-refractivity contribution in [2.75, 3.05) is 26.3 Å². The molecule has 22 heavy (non-hydrogen) atoms. The highest BCUT2D eigenvalue weighted by Gasteiger charge is 2.22. The Hall–Kier alpha value is -2.30. The quantitative estimate of drug-likeness (QED) is 0.783. The number of nitrogens with one attached hydrogen (secondary N) is 1. The average molecular weight is 292 g/mol. The fourth-order valence-electron chi connectivity index (χ4n) is 2.92. The second-order valence-electron chi connectivity index (χ2n) is 5.49. The number of morpholine rings is 1. The van der Waals surface area contributed by atoms with Crippen LogP contribution in [0.15, 0.2) is 54.6 Å². The highest BCUT2D eigenvalue weighted by molar-refractivity contribution is 5.87. The van der Waals surface area contributed by atoms with Crippen LogP contribution in [-0.2, 0) is 4.74 Å². The molecule has 0 bridgehead atoms. The Balaban J connectivity index is 1.89. The molecular formula is C18H18N3O+. The lowest BCUT2D eigenvalue weighted by molar-refractivity contribution is -0.843. The maximum atomic E-state index is 5.48. The van der Waals surface area contributed by atoms with Crippen LogP contribution in [0, 0.1) is 0 Å². The van der Waals surface area contributed by atoms with Crippen LogP contribution in [0.5, 0.6) is 0 Å². The monoisotopic (exact) mass is 292 g/mol. The van der Waals surface area contributed by atoms with E-state index in [1.807, 2.05) is 24.3 Å². The van der Waals surface area contributed by atoms with Crippen molar-refractivity contribution in [3.8, 4) is 11.4 Å². The molecule has 0 radical (unpaired) electrons. The Morgan fingerprint density at radius 1 is 0.818 bits per heavy atom. The van der Waals surface area contributed by atoms with E-state index in [9.17, 15) is 0 Å². The van der Waals surface area contributed by atoms with Gasteiger partial charge < -0.3 is 4.74 Å². The molecule has 0 unspecified atom stereocenters. The largest absolute Gasteiger partial charge is 0.370 e. The van der Waals surface area contributed by atoms with Crippen LogP contribution in [0.3, 0.4) is 0 Å². The number of ether oxygens (including phenoxy) is 1. The fourth-order valence-corrected chi connectivity index (χ4v) is 2.92. The Morgan fingerprint density at radius 3 is 2.36 bits per heavy atom. The number of quaternary nitrogens is 1. The van der Waals surface area contributed by atoms with E-state index in [4.69, 9.17) is 14.7 Å². The molecule has 1 aromatic heterocycles. The molecule has 1 N–H and O–H groups in total. The Labute approximate surface area is 129 Å². The minimum atomic E-state index is 0.786. The van der Waals surface area contributed by atoms with Crippen molar-refractivity contribution < 1.29 is 9.64 Å². The number of benzene rings is 2. The second kappa shape index (κ2) is 5.83. The lowest BCUT2D eigenvalue weighted by atomic mass is 10.1. The number of hydrogen-bond acceptors (Lipinski definition) is 3. The Morgan fingerprint density at radius 2 is 1.55 bits per heavy atom. The zero-order valence-electron chi connectivity index (χ0n) is 12.3. The van der Waals surface area contributed by atoms with Gasteiger partial charge in [-0.05, 0) is 12.1 Å². The maximum Gasteiger partial charge on any atom is 0.237 e. The first kappa shape index (κ1) is 13.4. The Bertz CT molecular complexity index is 783. The predicted octanol–water partition coefficient (Wildman–Crippen LogP) is 1.84. The van der Waals surface area contributed by atoms with Crippen molar-refractivity contribution in [2.45, 2.75) is 0 Å². The third kappa shape index (κ3) is 2.47. The van der Waals surface area contributed by atoms with Crippen LogP contribution in [0.4, 0.5) is 5.82 Å². The molecule has 0 saturated carbocycles. The summed E-state index contributed by atoms with van der Waals surface area (Å²) in [7, 11) is 0. The van der Waals surface area contributed by atoms with Crippen LogP contribution >= 0.6 is 0 Å². The molecule has 110 valence electrons. The second-order valence-corrected chi connectivity index (χ2v) is 5.49. The number of hydrogen-bond donors (Lipinski definition) is 1. The van der Waals surface area contributed by atoms with Gasteiger partial charge in [0.2, 0.25) is 5.82 Å². The smallest absolute Gasteiger partial charge is 0.237 e. The molecular weight excluding hydrogens is 274 g/mol. The van der Waals surface area contributed by atoms with Gasteiger partial charge in [-0.15, -0.1) is 0 Å². The normalized spacial score (nSPS) is 16.0. The summed E-state index contributed by atoms with van der Waals surface area (Å²) < 4.78 is 5.48. The zero-order chi connectivity index (χ0) is 14.8. The van der Waals surface area contributed by atoms with E-state index in [0.717, 1.165) is 54.4 Å². The van der Waals surface area contributed by atoms with Gasteiger partial charge >= 0.3 is 0 Å². The summed E-state index contributed by atoms with van der Waals surface area (Å²) >= 11 is 0. The minimum Gasteiger partial charge on any atom is -0.370 e. The van der Waals surface area contributed by atoms with Crippen LogP contribution in [0.25, 0.3) is 22.3 Å². The molecule has 4 heteroatoms. The van der Waals surface area contributed by atoms with E-state index in [0.29, 0.717) is 0 Å². The highest BCUT2D eigenvalue weighted by Crippen LogP contribution is 2.22. The van der Waals surface area contributed by atoms with Crippen molar-refractivity contribution >= 4 is 16.7 Å². The van der Waals surface area contributed by atoms with Gasteiger partial charge in [0.1, 0.15) is 13.1 Å². The summed E-state index contributed by atoms with van der Waals surface area (Å²) in [6.45, 7) is 3.48. The van der Waals surface area contributed by atoms with Gasteiger partial charge in [0.15, 0.2) is 5.82 Å². The maximum absolute atomic E-state index is 5.48. The van der Waals surface area contributed by atoms with Gasteiger partial charge in [-0.1, -0.05) is 42.5 Å². The molecule has 2 heterocycles. The van der Waals surface area contributed by atoms with Crippen LogP contribution < -0.4 is 4.90 Å². The van der Waals surface area contributed by atoms with Gasteiger partial charge in [-0.2, -0.15) is 4.98 Å². The van der Waals surface area contributed by atoms with Crippen molar-refractivity contribution in [2.24, 2.45) is 0 Å². The van der Waals surface area contributed by atoms with E-state index in [-0.39, 0.29) is 0 Å². The molecule has 0 atom stereocenters. The molecule has 0 aliphatic carbocycles.